The van der Waals surface area contributed by atoms with Gasteiger partial charge in [0.05, 0.1) is 0 Å². The van der Waals surface area contributed by atoms with Crippen LogP contribution in [0, 0.1) is 0 Å². The molecule has 1 saturated heterocycles. The minimum absolute atomic E-state index is 0.0548. The van der Waals surface area contributed by atoms with E-state index in [4.69, 9.17) is 0 Å². The molecule has 0 aromatic heterocycles. The molecule has 110 valence electrons. The summed E-state index contributed by atoms with van der Waals surface area (Å²) >= 11 is 0. The van der Waals surface area contributed by atoms with Gasteiger partial charge in [-0.1, -0.05) is 13.3 Å². The normalized spacial score (nSPS) is 18.8. The Labute approximate surface area is 120 Å². The van der Waals surface area contributed by atoms with Crippen LogP contribution >= 0.6 is 0 Å². The second kappa shape index (κ2) is 7.29. The highest BCUT2D eigenvalue weighted by Gasteiger charge is 2.20. The van der Waals surface area contributed by atoms with Crippen molar-refractivity contribution in [2.45, 2.75) is 38.6 Å². The third kappa shape index (κ3) is 3.97. The number of hydrogen-bond donors (Lipinski definition) is 2. The van der Waals surface area contributed by atoms with Crippen molar-refractivity contribution in [3.8, 4) is 5.75 Å². The van der Waals surface area contributed by atoms with Gasteiger partial charge in [0, 0.05) is 24.7 Å². The van der Waals surface area contributed by atoms with E-state index < -0.39 is 0 Å². The van der Waals surface area contributed by atoms with Gasteiger partial charge in [-0.3, -0.25) is 4.79 Å². The summed E-state index contributed by atoms with van der Waals surface area (Å²) in [6.45, 7) is 4.69. The molecule has 1 amide bonds. The van der Waals surface area contributed by atoms with E-state index in [0.717, 1.165) is 32.5 Å². The van der Waals surface area contributed by atoms with Gasteiger partial charge in [0.1, 0.15) is 5.75 Å². The van der Waals surface area contributed by atoms with Gasteiger partial charge in [-0.15, -0.1) is 0 Å². The zero-order valence-electron chi connectivity index (χ0n) is 12.1. The second-order valence-electron chi connectivity index (χ2n) is 5.44. The Balaban J connectivity index is 2.02. The lowest BCUT2D eigenvalue weighted by atomic mass is 10.0. The molecule has 1 fully saturated rings. The van der Waals surface area contributed by atoms with Crippen LogP contribution in [0.1, 0.15) is 43.0 Å². The summed E-state index contributed by atoms with van der Waals surface area (Å²) in [7, 11) is 0. The van der Waals surface area contributed by atoms with Crippen LogP contribution in [0.3, 0.4) is 0 Å². The minimum atomic E-state index is 0.0548. The Bertz CT molecular complexity index is 425. The maximum Gasteiger partial charge on any atom is 0.253 e. The van der Waals surface area contributed by atoms with Crippen molar-refractivity contribution < 1.29 is 9.90 Å². The Morgan fingerprint density at radius 3 is 2.70 bits per heavy atom. The fourth-order valence-electron chi connectivity index (χ4n) is 2.68. The number of rotatable bonds is 5. The van der Waals surface area contributed by atoms with E-state index >= 15 is 0 Å². The molecule has 0 aliphatic carbocycles. The standard InChI is InChI=1S/C16H24N2O2/c1-2-11-18(12-14-5-3-4-10-17-14)16(20)13-6-8-15(19)9-7-13/h6-9,14,17,19H,2-5,10-12H2,1H3. The Hall–Kier alpha value is -1.55. The summed E-state index contributed by atoms with van der Waals surface area (Å²) in [6.07, 6.45) is 4.57. The molecule has 0 radical (unpaired) electrons. The van der Waals surface area contributed by atoms with E-state index in [9.17, 15) is 9.90 Å². The van der Waals surface area contributed by atoms with Gasteiger partial charge in [0.25, 0.3) is 5.91 Å². The number of piperidine rings is 1. The number of amides is 1. The number of benzene rings is 1. The lowest BCUT2D eigenvalue weighted by Gasteiger charge is -2.30. The molecule has 4 nitrogen and oxygen atoms in total. The average molecular weight is 276 g/mol. The third-order valence-corrected chi connectivity index (χ3v) is 3.75. The summed E-state index contributed by atoms with van der Waals surface area (Å²) in [4.78, 5) is 14.5. The van der Waals surface area contributed by atoms with Gasteiger partial charge in [0.15, 0.2) is 0 Å². The molecule has 20 heavy (non-hydrogen) atoms. The van der Waals surface area contributed by atoms with Crippen LogP contribution in [-0.2, 0) is 0 Å². The van der Waals surface area contributed by atoms with Gasteiger partial charge >= 0.3 is 0 Å². The van der Waals surface area contributed by atoms with E-state index in [1.807, 2.05) is 4.90 Å². The van der Waals surface area contributed by atoms with Crippen LogP contribution in [0.4, 0.5) is 0 Å². The summed E-state index contributed by atoms with van der Waals surface area (Å²) in [6, 6.07) is 6.92. The van der Waals surface area contributed by atoms with E-state index in [0.29, 0.717) is 11.6 Å². The maximum atomic E-state index is 12.5. The zero-order valence-corrected chi connectivity index (χ0v) is 12.1. The number of carbonyl (C=O) groups is 1. The fourth-order valence-corrected chi connectivity index (χ4v) is 2.68. The first-order valence-corrected chi connectivity index (χ1v) is 7.52. The summed E-state index contributed by atoms with van der Waals surface area (Å²) in [5, 5.41) is 12.8. The quantitative estimate of drug-likeness (QED) is 0.868. The van der Waals surface area contributed by atoms with E-state index in [2.05, 4.69) is 12.2 Å². The first-order chi connectivity index (χ1) is 9.70. The molecule has 0 saturated carbocycles. The van der Waals surface area contributed by atoms with E-state index in [1.54, 1.807) is 24.3 Å². The molecule has 1 aliphatic heterocycles. The molecule has 2 N–H and O–H groups in total. The Morgan fingerprint density at radius 1 is 1.35 bits per heavy atom. The van der Waals surface area contributed by atoms with Crippen LogP contribution in [0.15, 0.2) is 24.3 Å². The molecule has 2 rings (SSSR count). The first-order valence-electron chi connectivity index (χ1n) is 7.52. The number of carbonyl (C=O) groups excluding carboxylic acids is 1. The monoisotopic (exact) mass is 276 g/mol. The molecule has 0 spiro atoms. The molecule has 1 aromatic carbocycles. The SMILES string of the molecule is CCCN(CC1CCCCN1)C(=O)c1ccc(O)cc1. The highest BCUT2D eigenvalue weighted by Crippen LogP contribution is 2.14. The average Bonchev–Trinajstić information content (AvgIpc) is 2.48. The van der Waals surface area contributed by atoms with Gasteiger partial charge in [-0.2, -0.15) is 0 Å². The van der Waals surface area contributed by atoms with Crippen molar-refractivity contribution in [3.63, 3.8) is 0 Å². The van der Waals surface area contributed by atoms with Crippen molar-refractivity contribution in [1.82, 2.24) is 10.2 Å². The summed E-state index contributed by atoms with van der Waals surface area (Å²) < 4.78 is 0. The molecular weight excluding hydrogens is 252 g/mol. The van der Waals surface area contributed by atoms with Crippen molar-refractivity contribution in [1.29, 1.82) is 0 Å². The molecule has 1 heterocycles. The number of phenols is 1. The molecule has 1 aromatic rings. The van der Waals surface area contributed by atoms with Gasteiger partial charge < -0.3 is 15.3 Å². The number of aromatic hydroxyl groups is 1. The molecule has 1 aliphatic rings. The van der Waals surface area contributed by atoms with Gasteiger partial charge in [-0.25, -0.2) is 0 Å². The van der Waals surface area contributed by atoms with Crippen LogP contribution in [0.2, 0.25) is 0 Å². The lowest BCUT2D eigenvalue weighted by molar-refractivity contribution is 0.0731. The maximum absolute atomic E-state index is 12.5. The lowest BCUT2D eigenvalue weighted by Crippen LogP contribution is -2.46. The minimum Gasteiger partial charge on any atom is -0.508 e. The van der Waals surface area contributed by atoms with Crippen LogP contribution < -0.4 is 5.32 Å². The Morgan fingerprint density at radius 2 is 2.10 bits per heavy atom. The van der Waals surface area contributed by atoms with Crippen molar-refractivity contribution in [2.75, 3.05) is 19.6 Å². The molecule has 4 heteroatoms. The van der Waals surface area contributed by atoms with Crippen LogP contribution in [-0.4, -0.2) is 41.6 Å². The van der Waals surface area contributed by atoms with E-state index in [1.165, 1.54) is 12.8 Å². The van der Waals surface area contributed by atoms with Crippen LogP contribution in [0.5, 0.6) is 5.75 Å². The predicted molar refractivity (Wildman–Crippen MR) is 79.9 cm³/mol. The molecule has 1 unspecified atom stereocenters. The van der Waals surface area contributed by atoms with Gasteiger partial charge in [0.2, 0.25) is 0 Å². The van der Waals surface area contributed by atoms with Gasteiger partial charge in [-0.05, 0) is 50.1 Å². The highest BCUT2D eigenvalue weighted by molar-refractivity contribution is 5.94. The smallest absolute Gasteiger partial charge is 0.253 e. The fraction of sp³-hybridized carbons (Fsp3) is 0.562. The molecular formula is C16H24N2O2. The second-order valence-corrected chi connectivity index (χ2v) is 5.44. The third-order valence-electron chi connectivity index (χ3n) is 3.75. The number of nitrogens with one attached hydrogen (secondary N) is 1. The van der Waals surface area contributed by atoms with Crippen LogP contribution in [0.25, 0.3) is 0 Å². The zero-order chi connectivity index (χ0) is 14.4. The summed E-state index contributed by atoms with van der Waals surface area (Å²) in [5.41, 5.74) is 0.645. The topological polar surface area (TPSA) is 52.6 Å². The number of phenolic OH excluding ortho intramolecular Hbond substituents is 1. The highest BCUT2D eigenvalue weighted by atomic mass is 16.3. The molecule has 1 atom stereocenters. The van der Waals surface area contributed by atoms with E-state index in [-0.39, 0.29) is 11.7 Å². The predicted octanol–water partition coefficient (Wildman–Crippen LogP) is 2.39. The first kappa shape index (κ1) is 14.9. The number of nitrogens with zero attached hydrogens (tertiary/aromatic N) is 1. The summed E-state index contributed by atoms with van der Waals surface area (Å²) in [5.74, 6) is 0.247. The molecule has 0 bridgehead atoms. The Kier molecular flexibility index (Phi) is 5.41. The largest absolute Gasteiger partial charge is 0.508 e. The van der Waals surface area contributed by atoms with Crippen molar-refractivity contribution >= 4 is 5.91 Å². The van der Waals surface area contributed by atoms with Crippen molar-refractivity contribution in [2.24, 2.45) is 0 Å². The van der Waals surface area contributed by atoms with Crippen molar-refractivity contribution in [3.05, 3.63) is 29.8 Å². The number of hydrogen-bond acceptors (Lipinski definition) is 3.